The highest BCUT2D eigenvalue weighted by molar-refractivity contribution is 7.89. The SMILES string of the molecule is CCNC1CCN(c2ccc(Nc3ncc(Cl)c(Nc4ccccc4S(=O)(=O)N(C)C)n3)c(OCC)c2)C1. The van der Waals surface area contributed by atoms with Gasteiger partial charge in [0.2, 0.25) is 16.0 Å². The number of hydrogen-bond acceptors (Lipinski definition) is 9. The van der Waals surface area contributed by atoms with Crippen molar-refractivity contribution in [3.63, 3.8) is 0 Å². The van der Waals surface area contributed by atoms with Crippen molar-refractivity contribution in [1.29, 1.82) is 0 Å². The van der Waals surface area contributed by atoms with Crippen LogP contribution in [0.2, 0.25) is 5.02 Å². The van der Waals surface area contributed by atoms with Gasteiger partial charge in [-0.05, 0) is 44.2 Å². The Kier molecular flexibility index (Phi) is 8.93. The van der Waals surface area contributed by atoms with Crippen LogP contribution in [0.5, 0.6) is 5.75 Å². The maximum absolute atomic E-state index is 12.8. The Balaban J connectivity index is 1.58. The molecule has 4 rings (SSSR count). The predicted octanol–water partition coefficient (Wildman–Crippen LogP) is 4.45. The lowest BCUT2D eigenvalue weighted by Gasteiger charge is -2.21. The van der Waals surface area contributed by atoms with Crippen molar-refractivity contribution >= 4 is 50.5 Å². The van der Waals surface area contributed by atoms with Crippen molar-refractivity contribution in [3.05, 3.63) is 53.7 Å². The second kappa shape index (κ2) is 12.2. The summed E-state index contributed by atoms with van der Waals surface area (Å²) in [6.07, 6.45) is 2.56. The van der Waals surface area contributed by atoms with Crippen LogP contribution in [-0.2, 0) is 10.0 Å². The zero-order chi connectivity index (χ0) is 27.3. The largest absolute Gasteiger partial charge is 0.492 e. The molecule has 2 heterocycles. The standard InChI is InChI=1S/C26H34ClN7O3S/c1-5-28-18-13-14-34(17-18)19-11-12-21(23(15-19)37-6-2)31-26-29-16-20(27)25(32-26)30-22-9-7-8-10-24(22)38(35,36)33(3)4/h7-12,15-16,18,28H,5-6,13-14,17H2,1-4H3,(H2,29,30,31,32). The molecule has 1 fully saturated rings. The van der Waals surface area contributed by atoms with E-state index >= 15 is 0 Å². The van der Waals surface area contributed by atoms with Crippen LogP contribution in [0.15, 0.2) is 53.6 Å². The highest BCUT2D eigenvalue weighted by Gasteiger charge is 2.24. The summed E-state index contributed by atoms with van der Waals surface area (Å²) in [5, 5.41) is 10.0. The summed E-state index contributed by atoms with van der Waals surface area (Å²) in [4.78, 5) is 11.3. The van der Waals surface area contributed by atoms with Crippen LogP contribution in [0, 0.1) is 0 Å². The lowest BCUT2D eigenvalue weighted by atomic mass is 10.2. The molecular weight excluding hydrogens is 526 g/mol. The molecule has 0 aliphatic carbocycles. The fraction of sp³-hybridized carbons (Fsp3) is 0.385. The first-order valence-corrected chi connectivity index (χ1v) is 14.4. The number of sulfonamides is 1. The normalized spacial score (nSPS) is 15.6. The third-order valence-corrected chi connectivity index (χ3v) is 8.35. The summed E-state index contributed by atoms with van der Waals surface area (Å²) in [7, 11) is -0.718. The summed E-state index contributed by atoms with van der Waals surface area (Å²) in [6.45, 7) is 7.46. The zero-order valence-corrected chi connectivity index (χ0v) is 23.6. The fourth-order valence-corrected chi connectivity index (χ4v) is 5.47. The van der Waals surface area contributed by atoms with Crippen molar-refractivity contribution < 1.29 is 13.2 Å². The molecule has 12 heteroatoms. The Morgan fingerprint density at radius 3 is 2.66 bits per heavy atom. The predicted molar refractivity (Wildman–Crippen MR) is 153 cm³/mol. The summed E-state index contributed by atoms with van der Waals surface area (Å²) in [5.41, 5.74) is 2.16. The van der Waals surface area contributed by atoms with Gasteiger partial charge in [-0.15, -0.1) is 0 Å². The van der Waals surface area contributed by atoms with Gasteiger partial charge in [-0.1, -0.05) is 30.7 Å². The summed E-state index contributed by atoms with van der Waals surface area (Å²) in [5.74, 6) is 1.24. The van der Waals surface area contributed by atoms with E-state index in [1.165, 1.54) is 26.4 Å². The van der Waals surface area contributed by atoms with E-state index in [2.05, 4.69) is 43.8 Å². The number of anilines is 5. The highest BCUT2D eigenvalue weighted by atomic mass is 35.5. The molecule has 0 radical (unpaired) electrons. The van der Waals surface area contributed by atoms with Gasteiger partial charge in [-0.25, -0.2) is 17.7 Å². The Morgan fingerprint density at radius 1 is 1.13 bits per heavy atom. The number of ether oxygens (including phenoxy) is 1. The molecular formula is C26H34ClN7O3S. The van der Waals surface area contributed by atoms with E-state index in [0.717, 1.165) is 36.0 Å². The monoisotopic (exact) mass is 559 g/mol. The first-order valence-electron chi connectivity index (χ1n) is 12.6. The molecule has 0 saturated carbocycles. The molecule has 38 heavy (non-hydrogen) atoms. The molecule has 204 valence electrons. The van der Waals surface area contributed by atoms with E-state index in [4.69, 9.17) is 16.3 Å². The zero-order valence-electron chi connectivity index (χ0n) is 22.0. The second-order valence-electron chi connectivity index (χ2n) is 9.03. The molecule has 0 amide bonds. The van der Waals surface area contributed by atoms with Gasteiger partial charge in [-0.3, -0.25) is 0 Å². The summed E-state index contributed by atoms with van der Waals surface area (Å²) in [6, 6.07) is 13.1. The number of halogens is 1. The van der Waals surface area contributed by atoms with E-state index in [1.807, 2.05) is 19.1 Å². The van der Waals surface area contributed by atoms with Crippen LogP contribution in [0.1, 0.15) is 20.3 Å². The van der Waals surface area contributed by atoms with Gasteiger partial charge in [0.25, 0.3) is 0 Å². The fourth-order valence-electron chi connectivity index (χ4n) is 4.29. The molecule has 3 N–H and O–H groups in total. The number of rotatable bonds is 11. The number of nitrogens with one attached hydrogen (secondary N) is 3. The molecule has 1 unspecified atom stereocenters. The van der Waals surface area contributed by atoms with E-state index in [-0.39, 0.29) is 21.7 Å². The third kappa shape index (κ3) is 6.29. The number of nitrogens with zero attached hydrogens (tertiary/aromatic N) is 4. The third-order valence-electron chi connectivity index (χ3n) is 6.20. The van der Waals surface area contributed by atoms with Gasteiger partial charge in [-0.2, -0.15) is 4.98 Å². The number of hydrogen-bond donors (Lipinski definition) is 3. The van der Waals surface area contributed by atoms with Gasteiger partial charge < -0.3 is 25.6 Å². The van der Waals surface area contributed by atoms with Crippen LogP contribution in [0.3, 0.4) is 0 Å². The van der Waals surface area contributed by atoms with Crippen molar-refractivity contribution in [3.8, 4) is 5.75 Å². The molecule has 1 aromatic heterocycles. The lowest BCUT2D eigenvalue weighted by Crippen LogP contribution is -2.32. The average Bonchev–Trinajstić information content (AvgIpc) is 3.36. The van der Waals surface area contributed by atoms with Crippen LogP contribution >= 0.6 is 11.6 Å². The number of likely N-dealkylation sites (N-methyl/N-ethyl adjacent to an activating group) is 1. The molecule has 0 bridgehead atoms. The Morgan fingerprint density at radius 2 is 1.92 bits per heavy atom. The molecule has 0 spiro atoms. The topological polar surface area (TPSA) is 112 Å². The Labute approximate surface area is 229 Å². The average molecular weight is 560 g/mol. The number of para-hydroxylation sites is 1. The quantitative estimate of drug-likeness (QED) is 0.313. The number of aromatic nitrogens is 2. The summed E-state index contributed by atoms with van der Waals surface area (Å²) >= 11 is 6.38. The lowest BCUT2D eigenvalue weighted by molar-refractivity contribution is 0.342. The van der Waals surface area contributed by atoms with Gasteiger partial charge in [0, 0.05) is 45.0 Å². The molecule has 1 aliphatic rings. The van der Waals surface area contributed by atoms with Crippen LogP contribution in [-0.4, -0.2) is 69.1 Å². The van der Waals surface area contributed by atoms with Crippen LogP contribution < -0.4 is 25.6 Å². The molecule has 1 saturated heterocycles. The van der Waals surface area contributed by atoms with Crippen LogP contribution in [0.25, 0.3) is 0 Å². The first-order chi connectivity index (χ1) is 18.2. The van der Waals surface area contributed by atoms with Crippen molar-refractivity contribution in [2.75, 3.05) is 55.9 Å². The smallest absolute Gasteiger partial charge is 0.244 e. The minimum Gasteiger partial charge on any atom is -0.492 e. The molecule has 3 aromatic rings. The van der Waals surface area contributed by atoms with E-state index in [0.29, 0.717) is 29.8 Å². The molecule has 1 atom stereocenters. The maximum atomic E-state index is 12.8. The van der Waals surface area contributed by atoms with Crippen molar-refractivity contribution in [2.45, 2.75) is 31.2 Å². The van der Waals surface area contributed by atoms with Gasteiger partial charge in [0.1, 0.15) is 15.7 Å². The maximum Gasteiger partial charge on any atom is 0.244 e. The van der Waals surface area contributed by atoms with Crippen molar-refractivity contribution in [1.82, 2.24) is 19.6 Å². The van der Waals surface area contributed by atoms with Crippen molar-refractivity contribution in [2.24, 2.45) is 0 Å². The molecule has 2 aromatic carbocycles. The molecule has 1 aliphatic heterocycles. The Bertz CT molecular complexity index is 1370. The number of benzene rings is 2. The minimum atomic E-state index is -3.68. The highest BCUT2D eigenvalue weighted by Crippen LogP contribution is 2.34. The van der Waals surface area contributed by atoms with Gasteiger partial charge in [0.05, 0.1) is 24.2 Å². The van der Waals surface area contributed by atoms with E-state index in [9.17, 15) is 8.42 Å². The second-order valence-corrected chi connectivity index (χ2v) is 11.6. The Hall–Kier alpha value is -3.12. The summed E-state index contributed by atoms with van der Waals surface area (Å²) < 4.78 is 32.7. The van der Waals surface area contributed by atoms with E-state index < -0.39 is 10.0 Å². The van der Waals surface area contributed by atoms with Crippen LogP contribution in [0.4, 0.5) is 28.8 Å². The minimum absolute atomic E-state index is 0.113. The van der Waals surface area contributed by atoms with Gasteiger partial charge >= 0.3 is 0 Å². The molecule has 10 nitrogen and oxygen atoms in total. The van der Waals surface area contributed by atoms with E-state index in [1.54, 1.807) is 18.2 Å². The van der Waals surface area contributed by atoms with Gasteiger partial charge in [0.15, 0.2) is 5.82 Å². The first kappa shape index (κ1) is 27.9.